The number of H-pyrrole nitrogens is 1. The number of nitrogens with zero attached hydrogens (tertiary/aromatic N) is 2. The molecule has 4 bridgehead atoms. The standard InChI is InChI=1S/C76H106N20O18S3/c1-40(2)22-53-68(107)94-58(64(78)103)36-115-33-45-23-46-25-47(24-45)35-117-38-60(72(111)85-41(3)30-83-52(28-48-31-81-39-84-48)67(106)88-51(17-18-62(77)100)66(105)90-55(29-63(101)102)70(109)89-53)95-65(104)50(12-8-9-20-82-76(79)80)87-69(108)54(26-44-13-15-49(99)16-14-44)91-74(113)61-19-21-96(61)75(114)56(27-43-10-6-5-7-11-43)92-71(110)57(32-97)93-73(112)59(37-116-34-46)86-42(4)98/h5-7,10-11,13-16,23-25,31,39-41,50-61,83,97,99H,8-9,12,17-22,26-30,32-38H2,1-4H3,(H2,77,100)(H2,78,103)(H,81,84)(H,85,111)(H,86,98)(H,87,108)(H,88,106)(H,89,109)(H,90,105)(H,91,113)(H,92,110)(H,93,112)(H,94,107)(H,95,104)(H,101,102)(H4,79,80,82)/t41-,50-,51-,52?,53-,54?,55-,56-,57?,58-,59-,60-,61-/m0/s1. The molecule has 0 radical (unpaired) electrons. The predicted molar refractivity (Wildman–Crippen MR) is 434 cm³/mol. The summed E-state index contributed by atoms with van der Waals surface area (Å²) in [5.74, 6) is -15.0. The number of carboxylic acid groups (broad SMARTS) is 1. The fraction of sp³-hybridized carbons (Fsp3) is 0.513. The van der Waals surface area contributed by atoms with Gasteiger partial charge in [0.15, 0.2) is 5.96 Å². The number of nitrogens with two attached hydrogens (primary N) is 3. The van der Waals surface area contributed by atoms with E-state index in [0.29, 0.717) is 39.9 Å². The van der Waals surface area contributed by atoms with Crippen molar-refractivity contribution in [3.63, 3.8) is 0 Å². The zero-order chi connectivity index (χ0) is 85.4. The molecule has 636 valence electrons. The number of aliphatic hydroxyl groups excluding tert-OH is 1. The smallest absolute Gasteiger partial charge is 0.305 e. The zero-order valence-electron chi connectivity index (χ0n) is 65.3. The average molecular weight is 1680 g/mol. The Labute approximate surface area is 688 Å². The summed E-state index contributed by atoms with van der Waals surface area (Å²) in [5.41, 5.74) is 20.4. The number of unbranched alkanes of at least 4 members (excludes halogenated alkanes) is 1. The number of hydrogen-bond acceptors (Lipinski definition) is 23. The molecule has 7 rings (SSSR count). The molecule has 1 saturated heterocycles. The van der Waals surface area contributed by atoms with Crippen LogP contribution in [0, 0.1) is 11.3 Å². The van der Waals surface area contributed by atoms with Gasteiger partial charge in [0.25, 0.3) is 0 Å². The first-order valence-corrected chi connectivity index (χ1v) is 41.7. The highest BCUT2D eigenvalue weighted by Gasteiger charge is 2.44. The number of aromatic hydroxyl groups is 1. The Bertz CT molecular complexity index is 4150. The van der Waals surface area contributed by atoms with Crippen LogP contribution in [0.3, 0.4) is 0 Å². The van der Waals surface area contributed by atoms with Crippen LogP contribution in [0.1, 0.15) is 113 Å². The highest BCUT2D eigenvalue weighted by Crippen LogP contribution is 2.26. The van der Waals surface area contributed by atoms with Gasteiger partial charge in [0.2, 0.25) is 82.7 Å². The number of thioether (sulfide) groups is 3. The molecule has 0 aliphatic carbocycles. The van der Waals surface area contributed by atoms with E-state index >= 15 is 14.4 Å². The highest BCUT2D eigenvalue weighted by atomic mass is 32.2. The number of phenols is 1. The number of amides is 14. The number of fused-ring (bicyclic) bond motifs is 6. The maximum absolute atomic E-state index is 15.3. The first-order valence-electron chi connectivity index (χ1n) is 38.2. The molecule has 0 saturated carbocycles. The number of carbonyl (C=O) groups excluding carboxylic acids is 14. The summed E-state index contributed by atoms with van der Waals surface area (Å²) in [4.78, 5) is 221. The van der Waals surface area contributed by atoms with E-state index in [1.165, 1.54) is 72.1 Å². The molecule has 3 unspecified atom stereocenters. The van der Waals surface area contributed by atoms with E-state index in [1.54, 1.807) is 51.1 Å². The van der Waals surface area contributed by atoms with Crippen LogP contribution in [0.2, 0.25) is 0 Å². The number of guanidine groups is 1. The minimum absolute atomic E-state index is 0.00419. The lowest BCUT2D eigenvalue weighted by Crippen LogP contribution is -2.65. The van der Waals surface area contributed by atoms with Crippen LogP contribution in [0.15, 0.2) is 85.3 Å². The molecule has 1 fully saturated rings. The molecule has 4 heterocycles. The second-order valence-electron chi connectivity index (χ2n) is 29.2. The summed E-state index contributed by atoms with van der Waals surface area (Å²) in [7, 11) is 0. The second kappa shape index (κ2) is 46.6. The van der Waals surface area contributed by atoms with Crippen LogP contribution in [-0.2, 0) is 108 Å². The van der Waals surface area contributed by atoms with Crippen LogP contribution >= 0.6 is 35.3 Å². The number of carboxylic acids is 1. The molecular weight excluding hydrogens is 1580 g/mol. The number of aromatic amines is 1. The van der Waals surface area contributed by atoms with Gasteiger partial charge in [-0.25, -0.2) is 4.98 Å². The first-order chi connectivity index (χ1) is 55.7. The van der Waals surface area contributed by atoms with E-state index < -0.39 is 193 Å². The van der Waals surface area contributed by atoms with E-state index in [1.807, 2.05) is 18.2 Å². The number of primary amides is 2. The Morgan fingerprint density at radius 1 is 0.607 bits per heavy atom. The molecule has 13 atom stereocenters. The molecule has 41 heteroatoms. The maximum atomic E-state index is 15.3. The molecule has 14 amide bonds. The van der Waals surface area contributed by atoms with Crippen LogP contribution in [0.4, 0.5) is 0 Å². The van der Waals surface area contributed by atoms with E-state index in [2.05, 4.69) is 79.1 Å². The number of hydrogen-bond donors (Lipinski definition) is 21. The largest absolute Gasteiger partial charge is 0.508 e. The maximum Gasteiger partial charge on any atom is 0.305 e. The van der Waals surface area contributed by atoms with Gasteiger partial charge < -0.3 is 112 Å². The molecule has 4 aromatic rings. The topological polar surface area (TPSA) is 607 Å². The van der Waals surface area contributed by atoms with Gasteiger partial charge in [0.1, 0.15) is 72.2 Å². The lowest BCUT2D eigenvalue weighted by molar-refractivity contribution is -0.150. The van der Waals surface area contributed by atoms with E-state index in [4.69, 9.17) is 22.6 Å². The SMILES string of the molecule is CC(=O)N[C@H]1CSCc2cc3cc(c2)CSC[C@H](NC(=O)[C@H](CCCCNC(=N)N)NC(=O)C(Cc2ccc(O)cc2)NC(=O)[C@@H]2CCN2C(=O)[C@H](Cc2ccccc2)NC(=O)C(CO)NC1=O)C(=O)N[C@@H](C)CNC(Cc1cnc[nH]1)C(=O)N[C@@H](CCC(N)=O)C(=O)N[C@@H](CC(=O)O)C(=O)N[C@@H](CC(C)C)C(=O)N[C@H](C(N)=O)CSC3. The van der Waals surface area contributed by atoms with Gasteiger partial charge in [0.05, 0.1) is 25.4 Å². The third-order valence-corrected chi connectivity index (χ3v) is 22.3. The zero-order valence-corrected chi connectivity index (χ0v) is 67.8. The van der Waals surface area contributed by atoms with Crippen molar-refractivity contribution in [1.82, 2.24) is 84.0 Å². The van der Waals surface area contributed by atoms with Gasteiger partial charge in [-0.05, 0) is 91.3 Å². The minimum Gasteiger partial charge on any atom is -0.508 e. The number of benzene rings is 3. The van der Waals surface area contributed by atoms with Gasteiger partial charge >= 0.3 is 5.97 Å². The summed E-state index contributed by atoms with van der Waals surface area (Å²) >= 11 is 3.53. The molecule has 38 nitrogen and oxygen atoms in total. The van der Waals surface area contributed by atoms with E-state index in [-0.39, 0.29) is 117 Å². The molecule has 3 aliphatic heterocycles. The fourth-order valence-corrected chi connectivity index (χ4v) is 15.9. The number of aliphatic carboxylic acids is 1. The van der Waals surface area contributed by atoms with Crippen molar-refractivity contribution in [2.75, 3.05) is 43.5 Å². The van der Waals surface area contributed by atoms with Crippen molar-refractivity contribution >= 4 is 130 Å². The van der Waals surface area contributed by atoms with Crippen LogP contribution in [-0.4, -0.2) is 247 Å². The number of nitrogens with one attached hydrogen (secondary N) is 15. The van der Waals surface area contributed by atoms with Crippen LogP contribution in [0.25, 0.3) is 0 Å². The predicted octanol–water partition coefficient (Wildman–Crippen LogP) is -3.58. The third kappa shape index (κ3) is 31.2. The number of aromatic nitrogens is 2. The summed E-state index contributed by atoms with van der Waals surface area (Å²) in [6.45, 7) is 5.19. The monoisotopic (exact) mass is 1680 g/mol. The number of carbonyl (C=O) groups is 15. The fourth-order valence-electron chi connectivity index (χ4n) is 12.9. The second-order valence-corrected chi connectivity index (χ2v) is 32.3. The van der Waals surface area contributed by atoms with Gasteiger partial charge in [-0.15, -0.1) is 0 Å². The van der Waals surface area contributed by atoms with Gasteiger partial charge in [-0.1, -0.05) is 74.5 Å². The molecule has 3 aliphatic rings. The van der Waals surface area contributed by atoms with E-state index in [0.717, 1.165) is 11.8 Å². The summed E-state index contributed by atoms with van der Waals surface area (Å²) < 4.78 is 0. The Hall–Kier alpha value is -11.0. The highest BCUT2D eigenvalue weighted by molar-refractivity contribution is 7.99. The number of imidazole rings is 1. The van der Waals surface area contributed by atoms with Crippen molar-refractivity contribution < 1.29 is 87.2 Å². The Morgan fingerprint density at radius 3 is 1.74 bits per heavy atom. The van der Waals surface area contributed by atoms with Crippen molar-refractivity contribution in [1.29, 1.82) is 5.41 Å². The molecule has 1 aromatic heterocycles. The number of phenolic OH excluding ortho intramolecular Hbond substituents is 1. The van der Waals surface area contributed by atoms with Gasteiger partial charge in [-0.2, -0.15) is 35.3 Å². The summed E-state index contributed by atoms with van der Waals surface area (Å²) in [5, 5.41) is 73.8. The molecule has 117 heavy (non-hydrogen) atoms. The van der Waals surface area contributed by atoms with Crippen molar-refractivity contribution in [2.45, 2.75) is 194 Å². The van der Waals surface area contributed by atoms with E-state index in [9.17, 15) is 72.9 Å². The number of aliphatic hydroxyl groups is 1. The molecular formula is C76H106N20O18S3. The Morgan fingerprint density at radius 2 is 1.15 bits per heavy atom. The van der Waals surface area contributed by atoms with Crippen LogP contribution in [0.5, 0.6) is 5.75 Å². The quantitative estimate of drug-likeness (QED) is 0.0218. The summed E-state index contributed by atoms with van der Waals surface area (Å²) in [6, 6.07) is 0.957. The van der Waals surface area contributed by atoms with Gasteiger partial charge in [0, 0.05) is 105 Å². The summed E-state index contributed by atoms with van der Waals surface area (Å²) in [6.07, 6.45) is 0.605. The van der Waals surface area contributed by atoms with Crippen LogP contribution < -0.4 is 86.3 Å². The molecule has 3 aromatic carbocycles. The average Bonchev–Trinajstić information content (AvgIpc) is 0.822. The van der Waals surface area contributed by atoms with Crippen molar-refractivity contribution in [3.8, 4) is 5.75 Å². The normalized spacial score (nSPS) is 24.8. The Balaban J connectivity index is 1.34. The van der Waals surface area contributed by atoms with Crippen molar-refractivity contribution in [3.05, 3.63) is 119 Å². The Kier molecular flexibility index (Phi) is 37.1. The lowest BCUT2D eigenvalue weighted by atomic mass is 9.96. The third-order valence-electron chi connectivity index (χ3n) is 19.0. The lowest BCUT2D eigenvalue weighted by Gasteiger charge is -2.42. The molecule has 24 N–H and O–H groups in total. The number of rotatable bonds is 21. The van der Waals surface area contributed by atoms with Crippen molar-refractivity contribution in [2.24, 2.45) is 23.1 Å². The molecule has 0 spiro atoms. The minimum atomic E-state index is -1.91. The van der Waals surface area contributed by atoms with Gasteiger partial charge in [-0.3, -0.25) is 77.3 Å². The first kappa shape index (κ1) is 93.1.